The van der Waals surface area contributed by atoms with Gasteiger partial charge in [-0.25, -0.2) is 4.79 Å². The van der Waals surface area contributed by atoms with Crippen LogP contribution in [0.1, 0.15) is 24.4 Å². The first kappa shape index (κ1) is 11.5. The van der Waals surface area contributed by atoms with E-state index in [1.807, 2.05) is 18.2 Å². The Kier molecular flexibility index (Phi) is 2.93. The second-order valence-corrected chi connectivity index (χ2v) is 4.89. The number of aromatic nitrogens is 2. The fraction of sp³-hybridized carbons (Fsp3) is 0.462. The van der Waals surface area contributed by atoms with Gasteiger partial charge in [0, 0.05) is 18.6 Å². The molecule has 3 rings (SSSR count). The number of fused-ring (bicyclic) bond motifs is 1. The molecule has 1 aromatic carbocycles. The Morgan fingerprint density at radius 3 is 2.94 bits per heavy atom. The van der Waals surface area contributed by atoms with E-state index >= 15 is 0 Å². The van der Waals surface area contributed by atoms with E-state index in [2.05, 4.69) is 9.97 Å². The molecule has 18 heavy (non-hydrogen) atoms. The number of aromatic amines is 2. The van der Waals surface area contributed by atoms with Crippen molar-refractivity contribution in [3.8, 4) is 0 Å². The molecule has 2 heterocycles. The Morgan fingerprint density at radius 2 is 2.17 bits per heavy atom. The van der Waals surface area contributed by atoms with Crippen molar-refractivity contribution in [2.24, 2.45) is 11.7 Å². The van der Waals surface area contributed by atoms with E-state index in [4.69, 9.17) is 10.5 Å². The maximum absolute atomic E-state index is 11.2. The Bertz CT molecular complexity index is 596. The number of imidazole rings is 1. The molecule has 0 radical (unpaired) electrons. The topological polar surface area (TPSA) is 83.9 Å². The molecule has 96 valence electrons. The SMILES string of the molecule is NC(c1ccc2[nH]c(=O)[nH]c2c1)C1CCCOC1. The van der Waals surface area contributed by atoms with Crippen molar-refractivity contribution < 1.29 is 4.74 Å². The summed E-state index contributed by atoms with van der Waals surface area (Å²) in [4.78, 5) is 16.7. The normalized spacial score (nSPS) is 22.2. The number of benzene rings is 1. The van der Waals surface area contributed by atoms with Gasteiger partial charge in [0.05, 0.1) is 17.6 Å². The zero-order valence-electron chi connectivity index (χ0n) is 10.1. The molecule has 1 saturated heterocycles. The molecule has 5 nitrogen and oxygen atoms in total. The number of nitrogens with two attached hydrogens (primary N) is 1. The highest BCUT2D eigenvalue weighted by atomic mass is 16.5. The van der Waals surface area contributed by atoms with Gasteiger partial charge in [0.25, 0.3) is 0 Å². The summed E-state index contributed by atoms with van der Waals surface area (Å²) in [5.74, 6) is 0.363. The summed E-state index contributed by atoms with van der Waals surface area (Å²) in [5, 5.41) is 0. The van der Waals surface area contributed by atoms with Crippen molar-refractivity contribution in [1.29, 1.82) is 0 Å². The van der Waals surface area contributed by atoms with Gasteiger partial charge in [-0.1, -0.05) is 6.07 Å². The summed E-state index contributed by atoms with van der Waals surface area (Å²) in [5.41, 5.74) is 8.78. The van der Waals surface area contributed by atoms with Crippen LogP contribution in [0.5, 0.6) is 0 Å². The molecule has 2 atom stereocenters. The van der Waals surface area contributed by atoms with Crippen LogP contribution in [0.15, 0.2) is 23.0 Å². The Balaban J connectivity index is 1.90. The molecule has 1 fully saturated rings. The van der Waals surface area contributed by atoms with E-state index in [1.54, 1.807) is 0 Å². The molecule has 2 unspecified atom stereocenters. The second-order valence-electron chi connectivity index (χ2n) is 4.89. The molecule has 0 saturated carbocycles. The summed E-state index contributed by atoms with van der Waals surface area (Å²) >= 11 is 0. The highest BCUT2D eigenvalue weighted by Crippen LogP contribution is 2.27. The number of rotatable bonds is 2. The molecule has 0 aliphatic carbocycles. The van der Waals surface area contributed by atoms with Crippen molar-refractivity contribution in [2.75, 3.05) is 13.2 Å². The van der Waals surface area contributed by atoms with Gasteiger partial charge in [-0.15, -0.1) is 0 Å². The summed E-state index contributed by atoms with van der Waals surface area (Å²) in [7, 11) is 0. The molecule has 1 aromatic heterocycles. The highest BCUT2D eigenvalue weighted by molar-refractivity contribution is 5.75. The Hall–Kier alpha value is -1.59. The van der Waals surface area contributed by atoms with Crippen molar-refractivity contribution >= 4 is 11.0 Å². The molecular formula is C13H17N3O2. The summed E-state index contributed by atoms with van der Waals surface area (Å²) in [6, 6.07) is 5.79. The largest absolute Gasteiger partial charge is 0.381 e. The number of hydrogen-bond acceptors (Lipinski definition) is 3. The van der Waals surface area contributed by atoms with Crippen LogP contribution in [0.4, 0.5) is 0 Å². The van der Waals surface area contributed by atoms with Crippen LogP contribution < -0.4 is 11.4 Å². The van der Waals surface area contributed by atoms with Crippen molar-refractivity contribution in [3.05, 3.63) is 34.2 Å². The molecular weight excluding hydrogens is 230 g/mol. The third-order valence-corrected chi connectivity index (χ3v) is 3.63. The monoisotopic (exact) mass is 247 g/mol. The standard InChI is InChI=1S/C13H17N3O2/c14-12(9-2-1-5-18-7-9)8-3-4-10-11(6-8)16-13(17)15-10/h3-4,6,9,12H,1-2,5,7,14H2,(H2,15,16,17). The van der Waals surface area contributed by atoms with Crippen LogP contribution in [-0.4, -0.2) is 23.2 Å². The molecule has 1 aliphatic rings. The van der Waals surface area contributed by atoms with Crippen LogP contribution in [-0.2, 0) is 4.74 Å². The van der Waals surface area contributed by atoms with Gasteiger partial charge < -0.3 is 20.4 Å². The van der Waals surface area contributed by atoms with Crippen LogP contribution in [0.3, 0.4) is 0 Å². The van der Waals surface area contributed by atoms with E-state index in [9.17, 15) is 4.79 Å². The van der Waals surface area contributed by atoms with Crippen LogP contribution in [0.25, 0.3) is 11.0 Å². The predicted molar refractivity (Wildman–Crippen MR) is 69.4 cm³/mol. The van der Waals surface area contributed by atoms with E-state index in [-0.39, 0.29) is 11.7 Å². The summed E-state index contributed by atoms with van der Waals surface area (Å²) < 4.78 is 5.47. The average molecular weight is 247 g/mol. The highest BCUT2D eigenvalue weighted by Gasteiger charge is 2.22. The van der Waals surface area contributed by atoms with Gasteiger partial charge in [-0.3, -0.25) is 0 Å². The molecule has 0 bridgehead atoms. The van der Waals surface area contributed by atoms with Crippen LogP contribution in [0.2, 0.25) is 0 Å². The van der Waals surface area contributed by atoms with E-state index < -0.39 is 0 Å². The zero-order valence-corrected chi connectivity index (χ0v) is 10.1. The molecule has 0 amide bonds. The number of hydrogen-bond donors (Lipinski definition) is 3. The van der Waals surface area contributed by atoms with Crippen molar-refractivity contribution in [1.82, 2.24) is 9.97 Å². The Labute approximate surface area is 104 Å². The second kappa shape index (κ2) is 4.59. The van der Waals surface area contributed by atoms with Gasteiger partial charge >= 0.3 is 5.69 Å². The minimum absolute atomic E-state index is 0.0342. The fourth-order valence-corrected chi connectivity index (χ4v) is 2.58. The number of ether oxygens (including phenoxy) is 1. The summed E-state index contributed by atoms with van der Waals surface area (Å²) in [6.07, 6.45) is 2.17. The fourth-order valence-electron chi connectivity index (χ4n) is 2.58. The minimum atomic E-state index is -0.184. The minimum Gasteiger partial charge on any atom is -0.381 e. The predicted octanol–water partition coefficient (Wildman–Crippen LogP) is 1.28. The van der Waals surface area contributed by atoms with Crippen LogP contribution >= 0.6 is 0 Å². The van der Waals surface area contributed by atoms with Gasteiger partial charge in [-0.05, 0) is 30.5 Å². The quantitative estimate of drug-likeness (QED) is 0.747. The van der Waals surface area contributed by atoms with Gasteiger partial charge in [0.1, 0.15) is 0 Å². The first-order valence-electron chi connectivity index (χ1n) is 6.29. The lowest BCUT2D eigenvalue weighted by Crippen LogP contribution is -2.28. The zero-order chi connectivity index (χ0) is 12.5. The number of H-pyrrole nitrogens is 2. The van der Waals surface area contributed by atoms with Gasteiger partial charge in [-0.2, -0.15) is 0 Å². The number of nitrogens with one attached hydrogen (secondary N) is 2. The molecule has 5 heteroatoms. The third-order valence-electron chi connectivity index (χ3n) is 3.63. The average Bonchev–Trinajstić information content (AvgIpc) is 2.78. The molecule has 1 aliphatic heterocycles. The maximum Gasteiger partial charge on any atom is 0.323 e. The Morgan fingerprint density at radius 1 is 1.33 bits per heavy atom. The van der Waals surface area contributed by atoms with Crippen molar-refractivity contribution in [2.45, 2.75) is 18.9 Å². The van der Waals surface area contributed by atoms with Crippen LogP contribution in [0, 0.1) is 5.92 Å². The van der Waals surface area contributed by atoms with Crippen molar-refractivity contribution in [3.63, 3.8) is 0 Å². The maximum atomic E-state index is 11.2. The first-order valence-corrected chi connectivity index (χ1v) is 6.29. The van der Waals surface area contributed by atoms with E-state index in [1.165, 1.54) is 0 Å². The lowest BCUT2D eigenvalue weighted by molar-refractivity contribution is 0.0448. The van der Waals surface area contributed by atoms with E-state index in [0.717, 1.165) is 42.7 Å². The third kappa shape index (κ3) is 2.07. The summed E-state index contributed by atoms with van der Waals surface area (Å²) in [6.45, 7) is 1.57. The first-order chi connectivity index (χ1) is 8.74. The van der Waals surface area contributed by atoms with E-state index in [0.29, 0.717) is 5.92 Å². The molecule has 4 N–H and O–H groups in total. The molecule has 2 aromatic rings. The van der Waals surface area contributed by atoms with Gasteiger partial charge in [0.15, 0.2) is 0 Å². The van der Waals surface area contributed by atoms with Gasteiger partial charge in [0.2, 0.25) is 0 Å². The molecule has 0 spiro atoms. The lowest BCUT2D eigenvalue weighted by atomic mass is 9.89. The smallest absolute Gasteiger partial charge is 0.323 e. The lowest BCUT2D eigenvalue weighted by Gasteiger charge is -2.27.